The Kier molecular flexibility index (Phi) is 2.95. The molecule has 0 aromatic carbocycles. The first-order valence-electron chi connectivity index (χ1n) is 6.49. The summed E-state index contributed by atoms with van der Waals surface area (Å²) in [5.74, 6) is 0. The lowest BCUT2D eigenvalue weighted by Gasteiger charge is -2.42. The Morgan fingerprint density at radius 2 is 1.73 bits per heavy atom. The van der Waals surface area contributed by atoms with E-state index < -0.39 is 0 Å². The molecule has 3 rings (SSSR count). The minimum Gasteiger partial charge on any atom is -0.380 e. The third-order valence-electron chi connectivity index (χ3n) is 4.27. The fourth-order valence-electron chi connectivity index (χ4n) is 3.36. The Labute approximate surface area is 92.4 Å². The van der Waals surface area contributed by atoms with Crippen LogP contribution in [-0.2, 0) is 4.74 Å². The van der Waals surface area contributed by atoms with Gasteiger partial charge in [0.25, 0.3) is 0 Å². The average molecular weight is 210 g/mol. The smallest absolute Gasteiger partial charge is 0.0621 e. The highest BCUT2D eigenvalue weighted by molar-refractivity contribution is 4.89. The van der Waals surface area contributed by atoms with Crippen LogP contribution in [-0.4, -0.2) is 61.3 Å². The Balaban J connectivity index is 1.58. The van der Waals surface area contributed by atoms with Crippen LogP contribution in [0.5, 0.6) is 0 Å². The molecule has 0 spiro atoms. The Bertz CT molecular complexity index is 216. The van der Waals surface area contributed by atoms with Crippen molar-refractivity contribution in [2.24, 2.45) is 0 Å². The van der Waals surface area contributed by atoms with E-state index in [1.165, 1.54) is 51.9 Å². The number of piperazine rings is 1. The molecule has 0 aliphatic carbocycles. The van der Waals surface area contributed by atoms with Crippen LogP contribution in [0.4, 0.5) is 0 Å². The van der Waals surface area contributed by atoms with Gasteiger partial charge in [-0.3, -0.25) is 9.80 Å². The maximum atomic E-state index is 5.59. The van der Waals surface area contributed by atoms with Crippen LogP contribution in [0.1, 0.15) is 25.7 Å². The maximum absolute atomic E-state index is 5.59. The molecule has 3 heteroatoms. The molecule has 0 aromatic rings. The number of hydrogen-bond acceptors (Lipinski definition) is 3. The molecule has 3 nitrogen and oxygen atoms in total. The normalized spacial score (nSPS) is 39.2. The van der Waals surface area contributed by atoms with Crippen molar-refractivity contribution in [3.63, 3.8) is 0 Å². The van der Waals surface area contributed by atoms with E-state index in [2.05, 4.69) is 9.80 Å². The zero-order valence-corrected chi connectivity index (χ0v) is 9.53. The van der Waals surface area contributed by atoms with Gasteiger partial charge < -0.3 is 4.74 Å². The Hall–Kier alpha value is -0.120. The van der Waals surface area contributed by atoms with Gasteiger partial charge in [0.2, 0.25) is 0 Å². The maximum Gasteiger partial charge on any atom is 0.0621 e. The topological polar surface area (TPSA) is 15.7 Å². The predicted octanol–water partition coefficient (Wildman–Crippen LogP) is 0.945. The van der Waals surface area contributed by atoms with Crippen LogP contribution in [0.25, 0.3) is 0 Å². The second-order valence-electron chi connectivity index (χ2n) is 5.20. The number of hydrogen-bond donors (Lipinski definition) is 0. The fraction of sp³-hybridized carbons (Fsp3) is 1.00. The Morgan fingerprint density at radius 3 is 2.60 bits per heavy atom. The summed E-state index contributed by atoms with van der Waals surface area (Å²) in [6, 6.07) is 1.59. The molecule has 2 atom stereocenters. The van der Waals surface area contributed by atoms with E-state index in [1.807, 2.05) is 0 Å². The molecular formula is C12H22N2O. The van der Waals surface area contributed by atoms with E-state index in [-0.39, 0.29) is 0 Å². The zero-order chi connectivity index (χ0) is 10.1. The molecule has 2 unspecified atom stereocenters. The molecule has 0 saturated carbocycles. The van der Waals surface area contributed by atoms with Gasteiger partial charge in [-0.2, -0.15) is 0 Å². The van der Waals surface area contributed by atoms with Crippen LogP contribution >= 0.6 is 0 Å². The summed E-state index contributed by atoms with van der Waals surface area (Å²) >= 11 is 0. The highest BCUT2D eigenvalue weighted by Crippen LogP contribution is 2.24. The van der Waals surface area contributed by atoms with E-state index in [0.717, 1.165) is 25.3 Å². The number of fused-ring (bicyclic) bond motifs is 1. The van der Waals surface area contributed by atoms with Crippen molar-refractivity contribution in [3.05, 3.63) is 0 Å². The molecule has 86 valence electrons. The van der Waals surface area contributed by atoms with Crippen molar-refractivity contribution >= 4 is 0 Å². The van der Waals surface area contributed by atoms with Gasteiger partial charge in [-0.1, -0.05) is 0 Å². The lowest BCUT2D eigenvalue weighted by atomic mass is 10.1. The molecule has 0 aromatic heterocycles. The van der Waals surface area contributed by atoms with Crippen LogP contribution in [0.2, 0.25) is 0 Å². The highest BCUT2D eigenvalue weighted by Gasteiger charge is 2.33. The van der Waals surface area contributed by atoms with Crippen molar-refractivity contribution in [2.45, 2.75) is 37.8 Å². The molecule has 15 heavy (non-hydrogen) atoms. The van der Waals surface area contributed by atoms with E-state index in [1.54, 1.807) is 0 Å². The molecular weight excluding hydrogens is 188 g/mol. The van der Waals surface area contributed by atoms with Crippen LogP contribution in [0.15, 0.2) is 0 Å². The number of rotatable bonds is 1. The largest absolute Gasteiger partial charge is 0.380 e. The first-order chi connectivity index (χ1) is 7.43. The Morgan fingerprint density at radius 1 is 0.867 bits per heavy atom. The summed E-state index contributed by atoms with van der Waals surface area (Å²) in [4.78, 5) is 5.37. The summed E-state index contributed by atoms with van der Waals surface area (Å²) in [6.07, 6.45) is 5.45. The van der Waals surface area contributed by atoms with E-state index in [9.17, 15) is 0 Å². The molecule has 3 fully saturated rings. The van der Waals surface area contributed by atoms with Crippen LogP contribution < -0.4 is 0 Å². The summed E-state index contributed by atoms with van der Waals surface area (Å²) in [7, 11) is 0. The molecule has 3 heterocycles. The summed E-state index contributed by atoms with van der Waals surface area (Å²) < 4.78 is 5.59. The van der Waals surface area contributed by atoms with Gasteiger partial charge in [-0.15, -0.1) is 0 Å². The van der Waals surface area contributed by atoms with Gasteiger partial charge >= 0.3 is 0 Å². The molecule has 0 amide bonds. The first kappa shape index (κ1) is 10.1. The lowest BCUT2D eigenvalue weighted by molar-refractivity contribution is -0.0103. The first-order valence-corrected chi connectivity index (χ1v) is 6.49. The van der Waals surface area contributed by atoms with Gasteiger partial charge in [0.05, 0.1) is 6.61 Å². The standard InChI is InChI=1S/C12H22N2O/c1-3-11-9-14(7-6-13(11)5-1)12-4-2-8-15-10-12/h11-12H,1-10H2. The quantitative estimate of drug-likeness (QED) is 0.641. The van der Waals surface area contributed by atoms with Crippen molar-refractivity contribution in [1.29, 1.82) is 0 Å². The van der Waals surface area contributed by atoms with Crippen molar-refractivity contribution in [1.82, 2.24) is 9.80 Å². The van der Waals surface area contributed by atoms with Crippen molar-refractivity contribution in [3.8, 4) is 0 Å². The van der Waals surface area contributed by atoms with E-state index in [0.29, 0.717) is 0 Å². The second-order valence-corrected chi connectivity index (χ2v) is 5.20. The van der Waals surface area contributed by atoms with E-state index >= 15 is 0 Å². The van der Waals surface area contributed by atoms with E-state index in [4.69, 9.17) is 4.74 Å². The predicted molar refractivity (Wildman–Crippen MR) is 60.0 cm³/mol. The van der Waals surface area contributed by atoms with Crippen molar-refractivity contribution < 1.29 is 4.74 Å². The lowest BCUT2D eigenvalue weighted by Crippen LogP contribution is -2.55. The molecule has 3 saturated heterocycles. The zero-order valence-electron chi connectivity index (χ0n) is 9.53. The molecule has 0 radical (unpaired) electrons. The van der Waals surface area contributed by atoms with Gasteiger partial charge in [0, 0.05) is 38.3 Å². The number of ether oxygens (including phenoxy) is 1. The van der Waals surface area contributed by atoms with Crippen molar-refractivity contribution in [2.75, 3.05) is 39.4 Å². The third-order valence-corrected chi connectivity index (χ3v) is 4.27. The summed E-state index contributed by atoms with van der Waals surface area (Å²) in [6.45, 7) is 7.17. The summed E-state index contributed by atoms with van der Waals surface area (Å²) in [5, 5.41) is 0. The fourth-order valence-corrected chi connectivity index (χ4v) is 3.36. The third kappa shape index (κ3) is 2.05. The highest BCUT2D eigenvalue weighted by atomic mass is 16.5. The molecule has 3 aliphatic rings. The molecule has 0 bridgehead atoms. The van der Waals surface area contributed by atoms with Gasteiger partial charge in [0.15, 0.2) is 0 Å². The van der Waals surface area contributed by atoms with Crippen LogP contribution in [0.3, 0.4) is 0 Å². The number of nitrogens with zero attached hydrogens (tertiary/aromatic N) is 2. The monoisotopic (exact) mass is 210 g/mol. The molecule has 3 aliphatic heterocycles. The van der Waals surface area contributed by atoms with Gasteiger partial charge in [-0.05, 0) is 32.2 Å². The van der Waals surface area contributed by atoms with Crippen LogP contribution in [0, 0.1) is 0 Å². The van der Waals surface area contributed by atoms with Gasteiger partial charge in [-0.25, -0.2) is 0 Å². The second kappa shape index (κ2) is 4.40. The average Bonchev–Trinajstić information content (AvgIpc) is 2.77. The van der Waals surface area contributed by atoms with Gasteiger partial charge in [0.1, 0.15) is 0 Å². The minimum atomic E-state index is 0.724. The minimum absolute atomic E-state index is 0.724. The SMILES string of the molecule is C1COCC(N2CCN3CCCC3C2)C1. The summed E-state index contributed by atoms with van der Waals surface area (Å²) in [5.41, 5.74) is 0. The molecule has 0 N–H and O–H groups in total.